The van der Waals surface area contributed by atoms with Gasteiger partial charge in [0.05, 0.1) is 12.5 Å². The quantitative estimate of drug-likeness (QED) is 0.627. The Labute approximate surface area is 64.2 Å². The first-order valence-corrected chi connectivity index (χ1v) is 3.55. The van der Waals surface area contributed by atoms with Gasteiger partial charge in [-0.15, -0.1) is 0 Å². The summed E-state index contributed by atoms with van der Waals surface area (Å²) in [4.78, 5) is 10.8. The minimum absolute atomic E-state index is 0.144. The van der Waals surface area contributed by atoms with Crippen molar-refractivity contribution in [3.63, 3.8) is 0 Å². The molecular weight excluding hydrogens is 151 g/mol. The molecule has 1 N–H and O–H groups in total. The lowest BCUT2D eigenvalue weighted by molar-refractivity contribution is -0.124. The normalized spacial score (nSPS) is 37.5. The van der Waals surface area contributed by atoms with Crippen LogP contribution in [0, 0.1) is 11.8 Å². The van der Waals surface area contributed by atoms with E-state index >= 15 is 0 Å². The first-order valence-electron chi connectivity index (χ1n) is 3.55. The SMILES string of the molecule is C[C@@H]1C(O)OC[C@@H]1C(=O)CF. The zero-order valence-electron chi connectivity index (χ0n) is 6.29. The van der Waals surface area contributed by atoms with Crippen LogP contribution >= 0.6 is 0 Å². The standard InChI is InChI=1S/C7H11FO3/c1-4-5(6(9)2-8)3-11-7(4)10/h4-5,7,10H,2-3H2,1H3/t4-,5-,7?/m0/s1. The average Bonchev–Trinajstić information content (AvgIpc) is 2.32. The zero-order valence-corrected chi connectivity index (χ0v) is 6.29. The average molecular weight is 162 g/mol. The van der Waals surface area contributed by atoms with Gasteiger partial charge in [0.1, 0.15) is 6.67 Å². The van der Waals surface area contributed by atoms with Crippen molar-refractivity contribution in [1.29, 1.82) is 0 Å². The number of aliphatic hydroxyl groups is 1. The highest BCUT2D eigenvalue weighted by Crippen LogP contribution is 2.25. The third-order valence-electron chi connectivity index (χ3n) is 2.08. The van der Waals surface area contributed by atoms with E-state index in [4.69, 9.17) is 9.84 Å². The molecule has 0 saturated carbocycles. The van der Waals surface area contributed by atoms with Crippen LogP contribution in [0.5, 0.6) is 0 Å². The summed E-state index contributed by atoms with van der Waals surface area (Å²) in [6.45, 7) is 0.853. The number of rotatable bonds is 2. The number of hydrogen-bond donors (Lipinski definition) is 1. The van der Waals surface area contributed by atoms with Gasteiger partial charge < -0.3 is 9.84 Å². The van der Waals surface area contributed by atoms with Crippen LogP contribution in [0.2, 0.25) is 0 Å². The van der Waals surface area contributed by atoms with E-state index in [0.717, 1.165) is 0 Å². The molecule has 1 aliphatic heterocycles. The first kappa shape index (κ1) is 8.62. The van der Waals surface area contributed by atoms with Gasteiger partial charge in [-0.3, -0.25) is 4.79 Å². The van der Waals surface area contributed by atoms with Crippen LogP contribution in [-0.2, 0) is 9.53 Å². The fourth-order valence-electron chi connectivity index (χ4n) is 1.19. The maximum Gasteiger partial charge on any atom is 0.169 e. The molecule has 64 valence electrons. The highest BCUT2D eigenvalue weighted by atomic mass is 19.1. The second kappa shape index (κ2) is 3.28. The molecule has 3 nitrogen and oxygen atoms in total. The molecule has 1 unspecified atom stereocenters. The number of ketones is 1. The number of carbonyl (C=O) groups is 1. The minimum atomic E-state index is -0.967. The Bertz CT molecular complexity index is 160. The van der Waals surface area contributed by atoms with Crippen LogP contribution in [0.4, 0.5) is 4.39 Å². The van der Waals surface area contributed by atoms with Crippen LogP contribution < -0.4 is 0 Å². The van der Waals surface area contributed by atoms with Crippen LogP contribution in [0.25, 0.3) is 0 Å². The Morgan fingerprint density at radius 1 is 1.82 bits per heavy atom. The number of hydrogen-bond acceptors (Lipinski definition) is 3. The molecular formula is C7H11FO3. The molecule has 0 aromatic carbocycles. The Kier molecular flexibility index (Phi) is 2.57. The summed E-state index contributed by atoms with van der Waals surface area (Å²) < 4.78 is 16.6. The summed E-state index contributed by atoms with van der Waals surface area (Å²) >= 11 is 0. The molecule has 1 fully saturated rings. The maximum atomic E-state index is 11.9. The van der Waals surface area contributed by atoms with Gasteiger partial charge in [0.15, 0.2) is 12.1 Å². The number of Topliss-reactive ketones (excluding diaryl/α,β-unsaturated/α-hetero) is 1. The molecule has 4 heteroatoms. The minimum Gasteiger partial charge on any atom is -0.368 e. The largest absolute Gasteiger partial charge is 0.368 e. The molecule has 1 saturated heterocycles. The summed E-state index contributed by atoms with van der Waals surface area (Å²) in [6, 6.07) is 0. The van der Waals surface area contributed by atoms with E-state index in [1.165, 1.54) is 0 Å². The predicted molar refractivity (Wildman–Crippen MR) is 35.6 cm³/mol. The highest BCUT2D eigenvalue weighted by Gasteiger charge is 2.36. The summed E-state index contributed by atoms with van der Waals surface area (Å²) in [5, 5.41) is 9.02. The Hall–Kier alpha value is -0.480. The second-order valence-corrected chi connectivity index (χ2v) is 2.79. The van der Waals surface area contributed by atoms with Crippen LogP contribution in [0.1, 0.15) is 6.92 Å². The van der Waals surface area contributed by atoms with Gasteiger partial charge in [-0.05, 0) is 0 Å². The van der Waals surface area contributed by atoms with Crippen molar-refractivity contribution >= 4 is 5.78 Å². The Morgan fingerprint density at radius 3 is 2.82 bits per heavy atom. The van der Waals surface area contributed by atoms with Crippen molar-refractivity contribution in [1.82, 2.24) is 0 Å². The Morgan fingerprint density at radius 2 is 2.45 bits per heavy atom. The first-order chi connectivity index (χ1) is 5.16. The predicted octanol–water partition coefficient (Wildman–Crippen LogP) is 0.126. The summed E-state index contributed by atoms with van der Waals surface area (Å²) in [5.41, 5.74) is 0. The number of carbonyl (C=O) groups excluding carboxylic acids is 1. The van der Waals surface area contributed by atoms with E-state index in [2.05, 4.69) is 0 Å². The lowest BCUT2D eigenvalue weighted by atomic mass is 9.93. The summed E-state index contributed by atoms with van der Waals surface area (Å²) in [6.07, 6.45) is -0.907. The molecule has 0 radical (unpaired) electrons. The summed E-state index contributed by atoms with van der Waals surface area (Å²) in [5.74, 6) is -1.22. The van der Waals surface area contributed by atoms with E-state index in [1.807, 2.05) is 0 Å². The molecule has 1 rings (SSSR count). The second-order valence-electron chi connectivity index (χ2n) is 2.79. The van der Waals surface area contributed by atoms with Crippen LogP contribution in [-0.4, -0.2) is 30.5 Å². The van der Waals surface area contributed by atoms with Crippen molar-refractivity contribution in [2.75, 3.05) is 13.3 Å². The molecule has 3 atom stereocenters. The number of aliphatic hydroxyl groups excluding tert-OH is 1. The maximum absolute atomic E-state index is 11.9. The van der Waals surface area contributed by atoms with E-state index in [0.29, 0.717) is 0 Å². The number of alkyl halides is 1. The number of ether oxygens (including phenoxy) is 1. The van der Waals surface area contributed by atoms with Gasteiger partial charge in [0, 0.05) is 5.92 Å². The zero-order chi connectivity index (χ0) is 8.43. The van der Waals surface area contributed by atoms with Crippen molar-refractivity contribution in [3.05, 3.63) is 0 Å². The van der Waals surface area contributed by atoms with E-state index < -0.39 is 24.7 Å². The lowest BCUT2D eigenvalue weighted by Gasteiger charge is -2.10. The van der Waals surface area contributed by atoms with Crippen molar-refractivity contribution in [3.8, 4) is 0 Å². The van der Waals surface area contributed by atoms with Gasteiger partial charge >= 0.3 is 0 Å². The monoisotopic (exact) mass is 162 g/mol. The van der Waals surface area contributed by atoms with E-state index in [-0.39, 0.29) is 12.5 Å². The molecule has 1 aliphatic rings. The molecule has 11 heavy (non-hydrogen) atoms. The topological polar surface area (TPSA) is 46.5 Å². The third kappa shape index (κ3) is 1.57. The van der Waals surface area contributed by atoms with Gasteiger partial charge in [-0.2, -0.15) is 0 Å². The molecule has 0 aromatic rings. The fraction of sp³-hybridized carbons (Fsp3) is 0.857. The summed E-state index contributed by atoms with van der Waals surface area (Å²) in [7, 11) is 0. The van der Waals surface area contributed by atoms with Gasteiger partial charge in [0.2, 0.25) is 0 Å². The molecule has 1 heterocycles. The fourth-order valence-corrected chi connectivity index (χ4v) is 1.19. The van der Waals surface area contributed by atoms with Gasteiger partial charge in [-0.1, -0.05) is 6.92 Å². The van der Waals surface area contributed by atoms with Gasteiger partial charge in [-0.25, -0.2) is 4.39 Å². The molecule has 0 spiro atoms. The van der Waals surface area contributed by atoms with E-state index in [9.17, 15) is 9.18 Å². The molecule has 0 aromatic heterocycles. The molecule has 0 bridgehead atoms. The lowest BCUT2D eigenvalue weighted by Crippen LogP contribution is -2.24. The van der Waals surface area contributed by atoms with Crippen LogP contribution in [0.3, 0.4) is 0 Å². The highest BCUT2D eigenvalue weighted by molar-refractivity contribution is 5.82. The van der Waals surface area contributed by atoms with Gasteiger partial charge in [0.25, 0.3) is 0 Å². The number of halogens is 1. The van der Waals surface area contributed by atoms with Crippen molar-refractivity contribution in [2.45, 2.75) is 13.2 Å². The van der Waals surface area contributed by atoms with Crippen molar-refractivity contribution < 1.29 is 19.0 Å². The third-order valence-corrected chi connectivity index (χ3v) is 2.08. The van der Waals surface area contributed by atoms with Crippen LogP contribution in [0.15, 0.2) is 0 Å². The smallest absolute Gasteiger partial charge is 0.169 e. The van der Waals surface area contributed by atoms with Crippen molar-refractivity contribution in [2.24, 2.45) is 11.8 Å². The van der Waals surface area contributed by atoms with E-state index in [1.54, 1.807) is 6.92 Å². The Balaban J connectivity index is 2.54. The molecule has 0 aliphatic carbocycles. The molecule has 0 amide bonds.